The molecule has 0 aromatic heterocycles. The van der Waals surface area contributed by atoms with E-state index in [0.29, 0.717) is 10.8 Å². The smallest absolute Gasteiger partial charge is 0.332 e. The van der Waals surface area contributed by atoms with Crippen LogP contribution < -0.4 is 4.74 Å². The monoisotopic (exact) mass is 314 g/mol. The van der Waals surface area contributed by atoms with Crippen LogP contribution in [0.25, 0.3) is 0 Å². The highest BCUT2D eigenvalue weighted by Crippen LogP contribution is 2.26. The van der Waals surface area contributed by atoms with Gasteiger partial charge in [-0.1, -0.05) is 18.5 Å². The van der Waals surface area contributed by atoms with Gasteiger partial charge in [-0.3, -0.25) is 4.79 Å². The molecular formula is C15H19ClO5. The summed E-state index contributed by atoms with van der Waals surface area (Å²) in [5.74, 6) is -1.80. The van der Waals surface area contributed by atoms with Gasteiger partial charge in [-0.25, -0.2) is 4.79 Å². The second-order valence-corrected chi connectivity index (χ2v) is 5.37. The number of ether oxygens (including phenoxy) is 2. The molecule has 0 heterocycles. The molecule has 0 unspecified atom stereocenters. The molecule has 116 valence electrons. The van der Waals surface area contributed by atoms with E-state index in [4.69, 9.17) is 26.2 Å². The molecule has 0 aliphatic carbocycles. The lowest BCUT2D eigenvalue weighted by molar-refractivity contribution is -0.151. The Bertz CT molecular complexity index is 518. The highest BCUT2D eigenvalue weighted by molar-refractivity contribution is 6.32. The van der Waals surface area contributed by atoms with E-state index in [1.54, 1.807) is 19.1 Å². The first kappa shape index (κ1) is 17.5. The number of carbonyl (C=O) groups is 2. The number of rotatable bonds is 6. The van der Waals surface area contributed by atoms with Gasteiger partial charge >= 0.3 is 11.9 Å². The minimum Gasteiger partial charge on any atom is -0.479 e. The van der Waals surface area contributed by atoms with Crippen LogP contribution in [0.3, 0.4) is 0 Å². The van der Waals surface area contributed by atoms with Gasteiger partial charge in [0.25, 0.3) is 0 Å². The highest BCUT2D eigenvalue weighted by atomic mass is 35.5. The van der Waals surface area contributed by atoms with Crippen LogP contribution in [0.1, 0.15) is 24.5 Å². The first-order valence-corrected chi connectivity index (χ1v) is 6.88. The number of aryl methyl sites for hydroxylation is 2. The Kier molecular flexibility index (Phi) is 6.18. The maximum atomic E-state index is 12.0. The second-order valence-electron chi connectivity index (χ2n) is 4.99. The standard InChI is InChI=1S/C15H19ClO5/c1-8-5-11(6-9(2)13(8)16)21-15(19)10(3)7-12(20-4)14(17)18/h5-6,10,12H,7H2,1-4H3,(H,17,18)/t10-,12-/m0/s1. The zero-order chi connectivity index (χ0) is 16.2. The molecular weight excluding hydrogens is 296 g/mol. The number of esters is 1. The van der Waals surface area contributed by atoms with Crippen LogP contribution in [0.2, 0.25) is 5.02 Å². The number of carbonyl (C=O) groups excluding carboxylic acids is 1. The summed E-state index contributed by atoms with van der Waals surface area (Å²) >= 11 is 6.05. The van der Waals surface area contributed by atoms with Crippen LogP contribution in [0, 0.1) is 19.8 Å². The minimum absolute atomic E-state index is 0.0518. The van der Waals surface area contributed by atoms with Crippen molar-refractivity contribution in [1.29, 1.82) is 0 Å². The van der Waals surface area contributed by atoms with E-state index >= 15 is 0 Å². The van der Waals surface area contributed by atoms with E-state index in [1.165, 1.54) is 7.11 Å². The lowest BCUT2D eigenvalue weighted by Crippen LogP contribution is -2.29. The number of hydrogen-bond acceptors (Lipinski definition) is 4. The van der Waals surface area contributed by atoms with Gasteiger partial charge < -0.3 is 14.6 Å². The molecule has 1 aromatic rings. The van der Waals surface area contributed by atoms with Crippen LogP contribution in [0.15, 0.2) is 12.1 Å². The molecule has 0 spiro atoms. The molecule has 1 aromatic carbocycles. The zero-order valence-corrected chi connectivity index (χ0v) is 13.2. The average Bonchev–Trinajstić information content (AvgIpc) is 2.41. The largest absolute Gasteiger partial charge is 0.479 e. The van der Waals surface area contributed by atoms with Crippen molar-refractivity contribution >= 4 is 23.5 Å². The van der Waals surface area contributed by atoms with Crippen molar-refractivity contribution in [2.75, 3.05) is 7.11 Å². The lowest BCUT2D eigenvalue weighted by atomic mass is 10.0. The molecule has 0 aliphatic rings. The molecule has 5 nitrogen and oxygen atoms in total. The van der Waals surface area contributed by atoms with Crippen molar-refractivity contribution in [2.45, 2.75) is 33.3 Å². The molecule has 0 saturated heterocycles. The first-order valence-electron chi connectivity index (χ1n) is 6.50. The van der Waals surface area contributed by atoms with Gasteiger partial charge in [0.2, 0.25) is 0 Å². The molecule has 0 aliphatic heterocycles. The molecule has 0 amide bonds. The van der Waals surface area contributed by atoms with E-state index < -0.39 is 24.0 Å². The highest BCUT2D eigenvalue weighted by Gasteiger charge is 2.25. The predicted molar refractivity (Wildman–Crippen MR) is 78.8 cm³/mol. The Morgan fingerprint density at radius 1 is 1.29 bits per heavy atom. The SMILES string of the molecule is CO[C@@H](C[C@H](C)C(=O)Oc1cc(C)c(Cl)c(C)c1)C(=O)O. The summed E-state index contributed by atoms with van der Waals surface area (Å²) < 4.78 is 10.1. The van der Waals surface area contributed by atoms with E-state index in [1.807, 2.05) is 13.8 Å². The molecule has 6 heteroatoms. The summed E-state index contributed by atoms with van der Waals surface area (Å²) in [4.78, 5) is 22.9. The van der Waals surface area contributed by atoms with Crippen LogP contribution in [0.5, 0.6) is 5.75 Å². The van der Waals surface area contributed by atoms with Crippen molar-refractivity contribution in [3.63, 3.8) is 0 Å². The fourth-order valence-electron chi connectivity index (χ4n) is 1.90. The van der Waals surface area contributed by atoms with Crippen molar-refractivity contribution < 1.29 is 24.2 Å². The quantitative estimate of drug-likeness (QED) is 0.645. The third-order valence-electron chi connectivity index (χ3n) is 3.16. The first-order chi connectivity index (χ1) is 9.76. The molecule has 1 N–H and O–H groups in total. The van der Waals surface area contributed by atoms with Crippen LogP contribution in [0.4, 0.5) is 0 Å². The average molecular weight is 315 g/mol. The summed E-state index contributed by atoms with van der Waals surface area (Å²) in [6, 6.07) is 3.34. The van der Waals surface area contributed by atoms with Gasteiger partial charge in [0.05, 0.1) is 5.92 Å². The van der Waals surface area contributed by atoms with Gasteiger partial charge in [-0.2, -0.15) is 0 Å². The fraction of sp³-hybridized carbons (Fsp3) is 0.467. The van der Waals surface area contributed by atoms with Crippen LogP contribution in [-0.4, -0.2) is 30.3 Å². The molecule has 0 saturated carbocycles. The maximum Gasteiger partial charge on any atom is 0.332 e. The van der Waals surface area contributed by atoms with Gasteiger partial charge in [0.15, 0.2) is 6.10 Å². The Balaban J connectivity index is 2.74. The van der Waals surface area contributed by atoms with Gasteiger partial charge in [0.1, 0.15) is 5.75 Å². The molecule has 0 fully saturated rings. The molecule has 21 heavy (non-hydrogen) atoms. The number of carboxylic acids is 1. The van der Waals surface area contributed by atoms with E-state index in [2.05, 4.69) is 0 Å². The van der Waals surface area contributed by atoms with E-state index in [0.717, 1.165) is 11.1 Å². The topological polar surface area (TPSA) is 72.8 Å². The van der Waals surface area contributed by atoms with Crippen molar-refractivity contribution in [2.24, 2.45) is 5.92 Å². The Hall–Kier alpha value is -1.59. The summed E-state index contributed by atoms with van der Waals surface area (Å²) in [7, 11) is 1.29. The molecule has 2 atom stereocenters. The van der Waals surface area contributed by atoms with Crippen LogP contribution >= 0.6 is 11.6 Å². The normalized spacial score (nSPS) is 13.6. The number of methoxy groups -OCH3 is 1. The van der Waals surface area contributed by atoms with E-state index in [9.17, 15) is 9.59 Å². The number of hydrogen-bond donors (Lipinski definition) is 1. The van der Waals surface area contributed by atoms with Crippen LogP contribution in [-0.2, 0) is 14.3 Å². The predicted octanol–water partition coefficient (Wildman–Crippen LogP) is 2.99. The third-order valence-corrected chi connectivity index (χ3v) is 3.75. The molecule has 0 bridgehead atoms. The van der Waals surface area contributed by atoms with Gasteiger partial charge in [0, 0.05) is 12.1 Å². The third kappa shape index (κ3) is 4.72. The maximum absolute atomic E-state index is 12.0. The molecule has 1 rings (SSSR count). The number of aliphatic carboxylic acids is 1. The van der Waals surface area contributed by atoms with Crippen molar-refractivity contribution in [3.05, 3.63) is 28.3 Å². The van der Waals surface area contributed by atoms with E-state index in [-0.39, 0.29) is 6.42 Å². The number of benzene rings is 1. The number of halogens is 1. The summed E-state index contributed by atoms with van der Waals surface area (Å²) in [5.41, 5.74) is 1.62. The Morgan fingerprint density at radius 3 is 2.24 bits per heavy atom. The zero-order valence-electron chi connectivity index (χ0n) is 12.5. The van der Waals surface area contributed by atoms with Gasteiger partial charge in [-0.05, 0) is 43.5 Å². The Morgan fingerprint density at radius 2 is 1.81 bits per heavy atom. The number of carboxylic acid groups (broad SMARTS) is 1. The fourth-order valence-corrected chi connectivity index (χ4v) is 2.01. The van der Waals surface area contributed by atoms with Crippen molar-refractivity contribution in [3.8, 4) is 5.75 Å². The summed E-state index contributed by atoms with van der Waals surface area (Å²) in [6.07, 6.45) is -0.975. The summed E-state index contributed by atoms with van der Waals surface area (Å²) in [6.45, 7) is 5.25. The molecule has 0 radical (unpaired) electrons. The lowest BCUT2D eigenvalue weighted by Gasteiger charge is -2.16. The Labute approximate surface area is 128 Å². The second kappa shape index (κ2) is 7.43. The minimum atomic E-state index is -1.10. The summed E-state index contributed by atoms with van der Waals surface area (Å²) in [5, 5.41) is 9.54. The van der Waals surface area contributed by atoms with Crippen molar-refractivity contribution in [1.82, 2.24) is 0 Å². The van der Waals surface area contributed by atoms with Gasteiger partial charge in [-0.15, -0.1) is 0 Å².